The number of hydrogen-bond acceptors (Lipinski definition) is 3. The molecule has 4 nitrogen and oxygen atoms in total. The molecule has 0 spiro atoms. The van der Waals surface area contributed by atoms with Gasteiger partial charge in [0.15, 0.2) is 11.5 Å². The van der Waals surface area contributed by atoms with Gasteiger partial charge in [0.25, 0.3) is 5.91 Å². The van der Waals surface area contributed by atoms with Crippen LogP contribution in [-0.2, 0) is 5.41 Å². The Kier molecular flexibility index (Phi) is 7.00. The lowest BCUT2D eigenvalue weighted by Gasteiger charge is -2.21. The Balaban J connectivity index is 2.14. The summed E-state index contributed by atoms with van der Waals surface area (Å²) in [6, 6.07) is 12.1. The Bertz CT molecular complexity index is 798. The first-order chi connectivity index (χ1) is 13.1. The van der Waals surface area contributed by atoms with Gasteiger partial charge in [0.2, 0.25) is 0 Å². The Morgan fingerprint density at radius 3 is 2.25 bits per heavy atom. The van der Waals surface area contributed by atoms with Gasteiger partial charge in [0.1, 0.15) is 0 Å². The highest BCUT2D eigenvalue weighted by atomic mass is 19.3. The monoisotopic (exact) mass is 391 g/mol. The van der Waals surface area contributed by atoms with Gasteiger partial charge in [-0.1, -0.05) is 45.0 Å². The quantitative estimate of drug-likeness (QED) is 0.680. The van der Waals surface area contributed by atoms with Crippen LogP contribution in [0.3, 0.4) is 0 Å². The molecule has 2 rings (SSSR count). The zero-order chi connectivity index (χ0) is 20.9. The van der Waals surface area contributed by atoms with Gasteiger partial charge in [0.05, 0.1) is 12.6 Å². The lowest BCUT2D eigenvalue weighted by Crippen LogP contribution is -2.26. The van der Waals surface area contributed by atoms with Gasteiger partial charge in [-0.15, -0.1) is 0 Å². The van der Waals surface area contributed by atoms with Gasteiger partial charge in [-0.3, -0.25) is 4.79 Å². The molecule has 0 aliphatic heterocycles. The molecule has 0 radical (unpaired) electrons. The minimum Gasteiger partial charge on any atom is -0.490 e. The van der Waals surface area contributed by atoms with Crippen LogP contribution in [0.25, 0.3) is 0 Å². The number of carbonyl (C=O) groups is 1. The van der Waals surface area contributed by atoms with E-state index in [0.717, 1.165) is 5.56 Å². The third-order valence-corrected chi connectivity index (χ3v) is 4.35. The number of alkyl halides is 2. The molecule has 0 heterocycles. The van der Waals surface area contributed by atoms with Crippen molar-refractivity contribution in [1.29, 1.82) is 0 Å². The molecule has 152 valence electrons. The Morgan fingerprint density at radius 1 is 1.07 bits per heavy atom. The molecule has 28 heavy (non-hydrogen) atoms. The minimum absolute atomic E-state index is 0.0583. The second kappa shape index (κ2) is 9.04. The lowest BCUT2D eigenvalue weighted by molar-refractivity contribution is -0.0514. The summed E-state index contributed by atoms with van der Waals surface area (Å²) in [6.07, 6.45) is 0. The number of halogens is 2. The van der Waals surface area contributed by atoms with Crippen LogP contribution in [0.1, 0.15) is 62.1 Å². The van der Waals surface area contributed by atoms with Crippen LogP contribution in [0.2, 0.25) is 0 Å². The van der Waals surface area contributed by atoms with Crippen LogP contribution in [-0.4, -0.2) is 19.1 Å². The molecule has 2 aromatic carbocycles. The first kappa shape index (κ1) is 21.7. The molecular formula is C22H27F2NO3. The zero-order valence-electron chi connectivity index (χ0n) is 16.9. The van der Waals surface area contributed by atoms with Crippen molar-refractivity contribution >= 4 is 5.91 Å². The van der Waals surface area contributed by atoms with Crippen molar-refractivity contribution < 1.29 is 23.0 Å². The van der Waals surface area contributed by atoms with E-state index in [1.165, 1.54) is 23.8 Å². The molecule has 1 amide bonds. The summed E-state index contributed by atoms with van der Waals surface area (Å²) in [7, 11) is 0. The number of benzene rings is 2. The van der Waals surface area contributed by atoms with Crippen LogP contribution in [0, 0.1) is 0 Å². The van der Waals surface area contributed by atoms with E-state index < -0.39 is 6.61 Å². The van der Waals surface area contributed by atoms with E-state index in [9.17, 15) is 13.6 Å². The van der Waals surface area contributed by atoms with E-state index >= 15 is 0 Å². The molecule has 0 saturated heterocycles. The summed E-state index contributed by atoms with van der Waals surface area (Å²) in [4.78, 5) is 12.6. The first-order valence-corrected chi connectivity index (χ1v) is 9.24. The van der Waals surface area contributed by atoms with Crippen LogP contribution in [0.15, 0.2) is 42.5 Å². The standard InChI is InChI=1S/C22H27F2NO3/c1-6-27-19-13-16(9-12-18(19)28-21(23)24)20(26)25-14(2)15-7-10-17(11-8-15)22(3,4)5/h7-14,21H,6H2,1-5H3,(H,25,26)/t14-/m0/s1. The smallest absolute Gasteiger partial charge is 0.387 e. The second-order valence-corrected chi connectivity index (χ2v) is 7.54. The van der Waals surface area contributed by atoms with Crippen LogP contribution in [0.5, 0.6) is 11.5 Å². The van der Waals surface area contributed by atoms with E-state index in [0.29, 0.717) is 5.56 Å². The SMILES string of the molecule is CCOc1cc(C(=O)N[C@@H](C)c2ccc(C(C)(C)C)cc2)ccc1OC(F)F. The largest absolute Gasteiger partial charge is 0.490 e. The number of hydrogen-bond donors (Lipinski definition) is 1. The van der Waals surface area contributed by atoms with Crippen molar-refractivity contribution in [3.05, 3.63) is 59.2 Å². The maximum atomic E-state index is 12.6. The molecular weight excluding hydrogens is 364 g/mol. The molecule has 0 aliphatic rings. The average molecular weight is 391 g/mol. The third-order valence-electron chi connectivity index (χ3n) is 4.35. The summed E-state index contributed by atoms with van der Waals surface area (Å²) in [5, 5.41) is 2.92. The summed E-state index contributed by atoms with van der Waals surface area (Å²) >= 11 is 0. The number of amides is 1. The van der Waals surface area contributed by atoms with Crippen molar-refractivity contribution in [2.24, 2.45) is 0 Å². The maximum absolute atomic E-state index is 12.6. The highest BCUT2D eigenvalue weighted by Gasteiger charge is 2.18. The molecule has 0 aliphatic carbocycles. The summed E-state index contributed by atoms with van der Waals surface area (Å²) in [6.45, 7) is 7.35. The fourth-order valence-corrected chi connectivity index (χ4v) is 2.75. The number of ether oxygens (including phenoxy) is 2. The van der Waals surface area contributed by atoms with E-state index in [2.05, 4.69) is 43.0 Å². The fourth-order valence-electron chi connectivity index (χ4n) is 2.75. The molecule has 0 bridgehead atoms. The van der Waals surface area contributed by atoms with Crippen molar-refractivity contribution in [3.8, 4) is 11.5 Å². The Labute approximate surface area is 164 Å². The van der Waals surface area contributed by atoms with Gasteiger partial charge in [0, 0.05) is 5.56 Å². The van der Waals surface area contributed by atoms with Gasteiger partial charge >= 0.3 is 6.61 Å². The molecule has 0 fully saturated rings. The molecule has 2 aromatic rings. The van der Waals surface area contributed by atoms with Crippen LogP contribution in [0.4, 0.5) is 8.78 Å². The molecule has 0 saturated carbocycles. The molecule has 1 atom stereocenters. The second-order valence-electron chi connectivity index (χ2n) is 7.54. The topological polar surface area (TPSA) is 47.6 Å². The predicted octanol–water partition coefficient (Wildman–Crippen LogP) is 5.48. The summed E-state index contributed by atoms with van der Waals surface area (Å²) in [5.74, 6) is -0.311. The number of nitrogens with one attached hydrogen (secondary N) is 1. The normalized spacial score (nSPS) is 12.6. The highest BCUT2D eigenvalue weighted by molar-refractivity contribution is 5.95. The Morgan fingerprint density at radius 2 is 1.71 bits per heavy atom. The number of rotatable bonds is 7. The molecule has 1 N–H and O–H groups in total. The summed E-state index contributed by atoms with van der Waals surface area (Å²) in [5.41, 5.74) is 2.56. The van der Waals surface area contributed by atoms with Gasteiger partial charge in [-0.05, 0) is 48.6 Å². The van der Waals surface area contributed by atoms with Gasteiger partial charge in [-0.2, -0.15) is 8.78 Å². The first-order valence-electron chi connectivity index (χ1n) is 9.24. The van der Waals surface area contributed by atoms with Gasteiger partial charge < -0.3 is 14.8 Å². The van der Waals surface area contributed by atoms with E-state index in [-0.39, 0.29) is 35.5 Å². The van der Waals surface area contributed by atoms with Crippen LogP contribution < -0.4 is 14.8 Å². The van der Waals surface area contributed by atoms with Crippen molar-refractivity contribution in [1.82, 2.24) is 5.32 Å². The highest BCUT2D eigenvalue weighted by Crippen LogP contribution is 2.30. The summed E-state index contributed by atoms with van der Waals surface area (Å²) < 4.78 is 34.8. The van der Waals surface area contributed by atoms with Crippen molar-refractivity contribution in [2.45, 2.75) is 52.7 Å². The number of carbonyl (C=O) groups excluding carboxylic acids is 1. The molecule has 0 aromatic heterocycles. The van der Waals surface area contributed by atoms with E-state index in [4.69, 9.17) is 4.74 Å². The van der Waals surface area contributed by atoms with Crippen LogP contribution >= 0.6 is 0 Å². The van der Waals surface area contributed by atoms with Crippen molar-refractivity contribution in [3.63, 3.8) is 0 Å². The lowest BCUT2D eigenvalue weighted by atomic mass is 9.86. The third kappa shape index (κ3) is 5.68. The average Bonchev–Trinajstić information content (AvgIpc) is 2.62. The predicted molar refractivity (Wildman–Crippen MR) is 105 cm³/mol. The maximum Gasteiger partial charge on any atom is 0.387 e. The van der Waals surface area contributed by atoms with E-state index in [1.54, 1.807) is 6.92 Å². The fraction of sp³-hybridized carbons (Fsp3) is 0.409. The van der Waals surface area contributed by atoms with Gasteiger partial charge in [-0.25, -0.2) is 0 Å². The molecule has 6 heteroatoms. The molecule has 0 unspecified atom stereocenters. The van der Waals surface area contributed by atoms with Crippen molar-refractivity contribution in [2.75, 3.05) is 6.61 Å². The zero-order valence-corrected chi connectivity index (χ0v) is 16.9. The Hall–Kier alpha value is -2.63. The minimum atomic E-state index is -2.96. The van der Waals surface area contributed by atoms with E-state index in [1.807, 2.05) is 19.1 Å².